The van der Waals surface area contributed by atoms with Gasteiger partial charge in [-0.25, -0.2) is 0 Å². The van der Waals surface area contributed by atoms with E-state index >= 15 is 0 Å². The molecule has 0 unspecified atom stereocenters. The molecule has 0 fully saturated rings. The summed E-state index contributed by atoms with van der Waals surface area (Å²) >= 11 is 0. The first kappa shape index (κ1) is 46.3. The van der Waals surface area contributed by atoms with Crippen LogP contribution < -0.4 is 0 Å². The topological polar surface area (TPSA) is 67.3 Å². The van der Waals surface area contributed by atoms with Crippen LogP contribution in [0.2, 0.25) is 0 Å². The number of hydrogen-bond acceptors (Lipinski definition) is 2. The Balaban J connectivity index is 1.19. The van der Waals surface area contributed by atoms with Crippen molar-refractivity contribution in [3.05, 3.63) is 271 Å². The Morgan fingerprint density at radius 1 is 0.310 bits per heavy atom. The van der Waals surface area contributed by atoms with Gasteiger partial charge in [0.15, 0.2) is 0 Å². The van der Waals surface area contributed by atoms with Crippen LogP contribution in [0.5, 0.6) is 0 Å². The number of benzene rings is 13. The fourth-order valence-corrected chi connectivity index (χ4v) is 14.8. The molecule has 18 rings (SSSR count). The normalized spacial score (nSPS) is 12.6. The van der Waals surface area contributed by atoms with E-state index in [1.807, 2.05) is 12.1 Å². The third kappa shape index (κ3) is 6.21. The molecular weight excluding hydrogens is 1020 g/mol. The average molecular weight is 1070 g/mol. The van der Waals surface area contributed by atoms with Gasteiger partial charge < -0.3 is 18.3 Å². The highest BCUT2D eigenvalue weighted by Crippen LogP contribution is 2.53. The Kier molecular flexibility index (Phi) is 9.67. The Morgan fingerprint density at radius 2 is 0.679 bits per heavy atom. The summed E-state index contributed by atoms with van der Waals surface area (Å²) in [5.74, 6) is 0. The highest BCUT2D eigenvalue weighted by atomic mass is 15.1. The zero-order valence-electron chi connectivity index (χ0n) is 45.3. The van der Waals surface area contributed by atoms with Crippen LogP contribution in [0, 0.1) is 22.7 Å². The number of nitriles is 2. The van der Waals surface area contributed by atoms with E-state index in [-0.39, 0.29) is 0 Å². The van der Waals surface area contributed by atoms with Gasteiger partial charge in [0, 0.05) is 54.5 Å². The first-order valence-electron chi connectivity index (χ1n) is 28.8. The minimum Gasteiger partial charge on any atom is -0.310 e. The summed E-state index contributed by atoms with van der Waals surface area (Å²) in [6, 6.07) is 92.9. The second-order valence-electron chi connectivity index (χ2n) is 22.4. The smallest absolute Gasteiger partial charge is 0.104 e. The van der Waals surface area contributed by atoms with Gasteiger partial charge in [0.1, 0.15) is 11.6 Å². The molecule has 1 aliphatic carbocycles. The number of fused-ring (bicyclic) bond motifs is 20. The summed E-state index contributed by atoms with van der Waals surface area (Å²) in [6.45, 7) is 0. The molecule has 6 heteroatoms. The molecule has 0 spiro atoms. The zero-order valence-corrected chi connectivity index (χ0v) is 45.3. The Morgan fingerprint density at radius 3 is 1.11 bits per heavy atom. The monoisotopic (exact) mass is 1070 g/mol. The molecule has 0 radical (unpaired) electrons. The second kappa shape index (κ2) is 17.5. The van der Waals surface area contributed by atoms with Crippen molar-refractivity contribution < 1.29 is 0 Å². The predicted molar refractivity (Wildman–Crippen MR) is 349 cm³/mol. The third-order valence-electron chi connectivity index (χ3n) is 18.2. The molecule has 388 valence electrons. The molecule has 0 saturated heterocycles. The minimum atomic E-state index is 0.512. The largest absolute Gasteiger partial charge is 0.310 e. The van der Waals surface area contributed by atoms with E-state index in [1.54, 1.807) is 0 Å². The van der Waals surface area contributed by atoms with Gasteiger partial charge in [-0.1, -0.05) is 200 Å². The van der Waals surface area contributed by atoms with Crippen LogP contribution >= 0.6 is 0 Å². The molecule has 0 atom stereocenters. The minimum absolute atomic E-state index is 0.512. The number of nitrogens with zero attached hydrogens (tertiary/aromatic N) is 6. The maximum Gasteiger partial charge on any atom is 0.104 e. The first-order valence-corrected chi connectivity index (χ1v) is 28.8. The lowest BCUT2D eigenvalue weighted by Crippen LogP contribution is -2.17. The van der Waals surface area contributed by atoms with Crippen LogP contribution in [0.3, 0.4) is 0 Å². The van der Waals surface area contributed by atoms with Gasteiger partial charge in [-0.15, -0.1) is 0 Å². The van der Waals surface area contributed by atoms with Crippen molar-refractivity contribution in [1.29, 1.82) is 10.5 Å². The number of rotatable bonds is 5. The van der Waals surface area contributed by atoms with Crippen molar-refractivity contribution in [2.45, 2.75) is 12.8 Å². The Hall–Kier alpha value is -11.4. The van der Waals surface area contributed by atoms with Crippen LogP contribution in [-0.2, 0) is 6.42 Å². The molecule has 4 aromatic heterocycles. The van der Waals surface area contributed by atoms with Gasteiger partial charge in [0.2, 0.25) is 0 Å². The molecular formula is C78H46N6. The van der Waals surface area contributed by atoms with Crippen molar-refractivity contribution in [3.63, 3.8) is 0 Å². The molecule has 6 nitrogen and oxygen atoms in total. The van der Waals surface area contributed by atoms with Crippen molar-refractivity contribution >= 4 is 125 Å². The van der Waals surface area contributed by atoms with Gasteiger partial charge in [0.05, 0.1) is 73.0 Å². The van der Waals surface area contributed by atoms with Crippen LogP contribution in [0.25, 0.3) is 159 Å². The van der Waals surface area contributed by atoms with E-state index in [0.29, 0.717) is 11.1 Å². The van der Waals surface area contributed by atoms with E-state index < -0.39 is 0 Å². The van der Waals surface area contributed by atoms with Crippen LogP contribution in [0.15, 0.2) is 249 Å². The second-order valence-corrected chi connectivity index (χ2v) is 22.4. The molecule has 0 N–H and O–H groups in total. The number of para-hydroxylation sites is 3. The van der Waals surface area contributed by atoms with Gasteiger partial charge in [-0.2, -0.15) is 10.5 Å². The maximum atomic E-state index is 13.2. The number of allylic oxidation sites excluding steroid dienone is 1. The molecule has 84 heavy (non-hydrogen) atoms. The van der Waals surface area contributed by atoms with Gasteiger partial charge >= 0.3 is 0 Å². The molecule has 0 aliphatic heterocycles. The van der Waals surface area contributed by atoms with Crippen molar-refractivity contribution in [1.82, 2.24) is 18.3 Å². The lowest BCUT2D eigenvalue weighted by molar-refractivity contribution is 0.882. The zero-order chi connectivity index (χ0) is 55.3. The summed E-state index contributed by atoms with van der Waals surface area (Å²) in [4.78, 5) is 0. The highest BCUT2D eigenvalue weighted by molar-refractivity contribution is 6.26. The van der Waals surface area contributed by atoms with Crippen LogP contribution in [-0.4, -0.2) is 18.3 Å². The van der Waals surface area contributed by atoms with Crippen molar-refractivity contribution in [2.24, 2.45) is 0 Å². The summed E-state index contributed by atoms with van der Waals surface area (Å²) < 4.78 is 9.85. The predicted octanol–water partition coefficient (Wildman–Crippen LogP) is 19.9. The molecule has 17 aromatic rings. The summed E-state index contributed by atoms with van der Waals surface area (Å²) in [7, 11) is 0. The van der Waals surface area contributed by atoms with Crippen molar-refractivity contribution in [3.8, 4) is 46.0 Å². The van der Waals surface area contributed by atoms with Crippen molar-refractivity contribution in [2.75, 3.05) is 0 Å². The van der Waals surface area contributed by atoms with E-state index in [9.17, 15) is 10.5 Å². The number of aromatic nitrogens is 4. The molecule has 1 aliphatic rings. The fraction of sp³-hybridized carbons (Fsp3) is 0.0256. The SMILES string of the molecule is N#Cc1ccc(-c2c(-n3c4c(c5c6ccccc6ccc53)C=CCC4)c(-n3c4ccccc4c4c5ccccc5ccc43)c(C#N)c(-n3c4ccccc4c4c5ccccc5ccc43)c2-n2c3ccccc3c3c4ccccc4ccc32)cc1. The van der Waals surface area contributed by atoms with Crippen LogP contribution in [0.1, 0.15) is 28.8 Å². The summed E-state index contributed by atoms with van der Waals surface area (Å²) in [5.41, 5.74) is 15.5. The highest BCUT2D eigenvalue weighted by Gasteiger charge is 2.36. The molecule has 0 bridgehead atoms. The summed E-state index contributed by atoms with van der Waals surface area (Å²) in [6.07, 6.45) is 6.26. The Labute approximate surface area is 481 Å². The van der Waals surface area contributed by atoms with E-state index in [2.05, 4.69) is 273 Å². The Bertz CT molecular complexity index is 5880. The maximum absolute atomic E-state index is 13.2. The lowest BCUT2D eigenvalue weighted by atomic mass is 9.92. The fourth-order valence-electron chi connectivity index (χ4n) is 14.8. The van der Waals surface area contributed by atoms with Gasteiger partial charge in [-0.05, 0) is 116 Å². The average Bonchev–Trinajstić information content (AvgIpc) is 1.71. The third-order valence-corrected chi connectivity index (χ3v) is 18.2. The quantitative estimate of drug-likeness (QED) is 0.172. The van der Waals surface area contributed by atoms with E-state index in [0.717, 1.165) is 155 Å². The molecule has 0 amide bonds. The molecule has 13 aromatic carbocycles. The first-order chi connectivity index (χ1) is 41.7. The van der Waals surface area contributed by atoms with Gasteiger partial charge in [-0.3, -0.25) is 0 Å². The summed E-state index contributed by atoms with van der Waals surface area (Å²) in [5, 5.41) is 40.9. The van der Waals surface area contributed by atoms with Gasteiger partial charge in [0.25, 0.3) is 0 Å². The number of hydrogen-bond donors (Lipinski definition) is 0. The van der Waals surface area contributed by atoms with Crippen LogP contribution in [0.4, 0.5) is 0 Å². The molecule has 0 saturated carbocycles. The van der Waals surface area contributed by atoms with E-state index in [4.69, 9.17) is 0 Å². The standard InChI is InChI=1S/C78H46N6/c79-45-47-33-35-52(36-34-47)70-77(83-64-31-15-11-27-59(64)73-55-23-7-3-19-50(55)39-43-68(73)83)75(81-62-29-13-9-25-57(62)71-53-21-5-1-17-48(53)37-41-66(71)81)61(46-80)76(82-63-30-14-10-26-58(63)72-54-22-6-2-18-49(54)38-42-67(72)82)78(70)84-65-32-16-12-28-60(65)74-56-24-8-4-20-51(56)40-44-69(74)84/h1-15,17-31,33-44H,16,32H2. The van der Waals surface area contributed by atoms with E-state index in [1.165, 1.54) is 22.0 Å². The molecule has 4 heterocycles. The lowest BCUT2D eigenvalue weighted by Gasteiger charge is -2.30.